The lowest BCUT2D eigenvalue weighted by atomic mass is 9.93. The van der Waals surface area contributed by atoms with Crippen LogP contribution < -0.4 is 10.2 Å². The number of amides is 2. The van der Waals surface area contributed by atoms with E-state index < -0.39 is 28.0 Å². The van der Waals surface area contributed by atoms with E-state index >= 15 is 0 Å². The lowest BCUT2D eigenvalue weighted by Gasteiger charge is -2.35. The molecule has 0 radical (unpaired) electrons. The van der Waals surface area contributed by atoms with Crippen molar-refractivity contribution in [2.45, 2.75) is 57.5 Å². The van der Waals surface area contributed by atoms with Crippen molar-refractivity contribution in [2.75, 3.05) is 31.1 Å². The predicted molar refractivity (Wildman–Crippen MR) is 143 cm³/mol. The molecule has 0 aromatic heterocycles. The monoisotopic (exact) mass is 542 g/mol. The Morgan fingerprint density at radius 1 is 0.974 bits per heavy atom. The van der Waals surface area contributed by atoms with Gasteiger partial charge in [0.25, 0.3) is 10.2 Å². The largest absolute Gasteiger partial charge is 0.351 e. The smallest absolute Gasteiger partial charge is 0.282 e. The summed E-state index contributed by atoms with van der Waals surface area (Å²) in [6, 6.07) is 12.1. The lowest BCUT2D eigenvalue weighted by molar-refractivity contribution is -0.128. The molecule has 1 aliphatic carbocycles. The first-order valence-electron chi connectivity index (χ1n) is 13.5. The summed E-state index contributed by atoms with van der Waals surface area (Å²) < 4.78 is 42.8. The fraction of sp³-hybridized carbons (Fsp3) is 0.500. The highest BCUT2D eigenvalue weighted by Crippen LogP contribution is 2.35. The van der Waals surface area contributed by atoms with Crippen molar-refractivity contribution in [3.05, 3.63) is 65.5 Å². The van der Waals surface area contributed by atoms with E-state index in [2.05, 4.69) is 5.32 Å². The molecule has 2 heterocycles. The van der Waals surface area contributed by atoms with Gasteiger partial charge in [0, 0.05) is 37.9 Å². The van der Waals surface area contributed by atoms with Gasteiger partial charge in [-0.1, -0.05) is 49.6 Å². The van der Waals surface area contributed by atoms with Gasteiger partial charge in [-0.2, -0.15) is 17.0 Å². The number of carbonyl (C=O) groups is 2. The number of halogens is 1. The first-order valence-corrected chi connectivity index (χ1v) is 14.8. The van der Waals surface area contributed by atoms with Crippen molar-refractivity contribution in [2.24, 2.45) is 5.92 Å². The number of benzene rings is 2. The number of hydrogen-bond donors (Lipinski definition) is 1. The van der Waals surface area contributed by atoms with Crippen LogP contribution in [0.1, 0.15) is 55.7 Å². The molecule has 0 bridgehead atoms. The molecule has 2 amide bonds. The highest BCUT2D eigenvalue weighted by atomic mass is 32.2. The molecule has 2 aromatic rings. The van der Waals surface area contributed by atoms with E-state index in [0.717, 1.165) is 37.7 Å². The third-order valence-corrected chi connectivity index (χ3v) is 9.83. The van der Waals surface area contributed by atoms with Crippen LogP contribution in [0.15, 0.2) is 48.5 Å². The van der Waals surface area contributed by atoms with Crippen LogP contribution in [0.4, 0.5) is 10.1 Å². The van der Waals surface area contributed by atoms with Gasteiger partial charge in [-0.3, -0.25) is 14.5 Å². The number of anilines is 1. The van der Waals surface area contributed by atoms with E-state index in [1.165, 1.54) is 31.7 Å². The van der Waals surface area contributed by atoms with E-state index in [4.69, 9.17) is 0 Å². The van der Waals surface area contributed by atoms with Crippen LogP contribution in [0.3, 0.4) is 0 Å². The Balaban J connectivity index is 1.52. The molecule has 10 heteroatoms. The van der Waals surface area contributed by atoms with Gasteiger partial charge in [0.15, 0.2) is 0 Å². The summed E-state index contributed by atoms with van der Waals surface area (Å²) in [5.74, 6) is -1.86. The third kappa shape index (κ3) is 5.62. The number of carbonyl (C=O) groups excluding carboxylic acids is 2. The van der Waals surface area contributed by atoms with Gasteiger partial charge in [-0.05, 0) is 55.5 Å². The molecule has 2 atom stereocenters. The normalized spacial score (nSPS) is 21.7. The molecule has 1 saturated carbocycles. The molecular formula is C28H35FN4O4S. The molecule has 3 fully saturated rings. The summed E-state index contributed by atoms with van der Waals surface area (Å²) in [4.78, 5) is 29.6. The van der Waals surface area contributed by atoms with Crippen LogP contribution in [-0.2, 0) is 19.8 Å². The zero-order valence-corrected chi connectivity index (χ0v) is 22.5. The number of nitrogens with zero attached hydrogens (tertiary/aromatic N) is 3. The van der Waals surface area contributed by atoms with Crippen LogP contribution in [0.2, 0.25) is 0 Å². The van der Waals surface area contributed by atoms with Gasteiger partial charge >= 0.3 is 0 Å². The maximum Gasteiger partial charge on any atom is 0.282 e. The van der Waals surface area contributed by atoms with Crippen molar-refractivity contribution in [3.8, 4) is 0 Å². The highest BCUT2D eigenvalue weighted by Gasteiger charge is 2.45. The lowest BCUT2D eigenvalue weighted by Crippen LogP contribution is -2.49. The van der Waals surface area contributed by atoms with Gasteiger partial charge < -0.3 is 5.32 Å². The number of rotatable bonds is 8. The maximum atomic E-state index is 14.5. The predicted octanol–water partition coefficient (Wildman–Crippen LogP) is 3.54. The molecule has 3 aliphatic rings. The van der Waals surface area contributed by atoms with E-state index in [9.17, 15) is 22.4 Å². The summed E-state index contributed by atoms with van der Waals surface area (Å²) >= 11 is 0. The molecule has 204 valence electrons. The topological polar surface area (TPSA) is 89.8 Å². The number of nitrogens with one attached hydrogen (secondary N) is 1. The maximum absolute atomic E-state index is 14.5. The summed E-state index contributed by atoms with van der Waals surface area (Å²) in [7, 11) is -3.59. The van der Waals surface area contributed by atoms with Gasteiger partial charge in [-0.25, -0.2) is 4.39 Å². The fourth-order valence-corrected chi connectivity index (χ4v) is 7.19. The van der Waals surface area contributed by atoms with E-state index in [0.29, 0.717) is 25.1 Å². The Morgan fingerprint density at radius 3 is 2.39 bits per heavy atom. The zero-order chi connectivity index (χ0) is 26.9. The van der Waals surface area contributed by atoms with Crippen LogP contribution in [-0.4, -0.2) is 61.1 Å². The first kappa shape index (κ1) is 26.8. The molecule has 8 nitrogen and oxygen atoms in total. The molecular weight excluding hydrogens is 507 g/mol. The Kier molecular flexibility index (Phi) is 7.83. The summed E-state index contributed by atoms with van der Waals surface area (Å²) in [5, 5.41) is 3.17. The average Bonchev–Trinajstić information content (AvgIpc) is 3.65. The van der Waals surface area contributed by atoms with Crippen molar-refractivity contribution in [1.82, 2.24) is 13.9 Å². The summed E-state index contributed by atoms with van der Waals surface area (Å²) in [6.45, 7) is 3.13. The summed E-state index contributed by atoms with van der Waals surface area (Å²) in [5.41, 5.74) is 1.77. The Hall–Kier alpha value is -2.82. The molecule has 0 unspecified atom stereocenters. The van der Waals surface area contributed by atoms with Crippen molar-refractivity contribution in [1.29, 1.82) is 0 Å². The second-order valence-electron chi connectivity index (χ2n) is 10.5. The van der Waals surface area contributed by atoms with Gasteiger partial charge in [0.1, 0.15) is 11.9 Å². The number of hydrogen-bond acceptors (Lipinski definition) is 4. The minimum atomic E-state index is -3.59. The van der Waals surface area contributed by atoms with Crippen molar-refractivity contribution in [3.63, 3.8) is 0 Å². The van der Waals surface area contributed by atoms with Crippen molar-refractivity contribution < 1.29 is 22.4 Å². The minimum Gasteiger partial charge on any atom is -0.351 e. The quantitative estimate of drug-likeness (QED) is 0.517. The molecule has 5 rings (SSSR count). The Bertz CT molecular complexity index is 1290. The third-order valence-electron chi connectivity index (χ3n) is 7.82. The van der Waals surface area contributed by atoms with Crippen molar-refractivity contribution >= 4 is 27.7 Å². The second-order valence-corrected chi connectivity index (χ2v) is 12.5. The SMILES string of the molecule is Cc1ccccc1[C@@H](C(=O)NC1CCCCC1)N(C(=O)[C@@H]1CCN(S(=O)(=O)N2CC2)C1)c1cccc(F)c1. The van der Waals surface area contributed by atoms with E-state index in [1.807, 2.05) is 31.2 Å². The molecule has 0 spiro atoms. The zero-order valence-electron chi connectivity index (χ0n) is 21.7. The first-order chi connectivity index (χ1) is 18.3. The summed E-state index contributed by atoms with van der Waals surface area (Å²) in [6.07, 6.45) is 5.31. The van der Waals surface area contributed by atoms with Crippen LogP contribution in [0.5, 0.6) is 0 Å². The molecule has 38 heavy (non-hydrogen) atoms. The van der Waals surface area contributed by atoms with E-state index in [1.54, 1.807) is 6.07 Å². The Labute approximate surface area is 224 Å². The Morgan fingerprint density at radius 2 is 1.71 bits per heavy atom. The van der Waals surface area contributed by atoms with Gasteiger partial charge in [0.2, 0.25) is 11.8 Å². The van der Waals surface area contributed by atoms with Gasteiger partial charge in [-0.15, -0.1) is 0 Å². The second kappa shape index (κ2) is 11.1. The van der Waals surface area contributed by atoms with Gasteiger partial charge in [0.05, 0.1) is 5.92 Å². The van der Waals surface area contributed by atoms with Crippen LogP contribution in [0.25, 0.3) is 0 Å². The van der Waals surface area contributed by atoms with E-state index in [-0.39, 0.29) is 36.6 Å². The number of aryl methyl sites for hydroxylation is 1. The molecule has 2 aliphatic heterocycles. The molecule has 1 N–H and O–H groups in total. The van der Waals surface area contributed by atoms with Crippen LogP contribution in [0, 0.1) is 18.7 Å². The highest BCUT2D eigenvalue weighted by molar-refractivity contribution is 7.87. The van der Waals surface area contributed by atoms with Crippen LogP contribution >= 0.6 is 0 Å². The fourth-order valence-electron chi connectivity index (χ4n) is 5.62. The molecule has 2 saturated heterocycles. The standard InChI is InChI=1S/C28H35FN4O4S/c1-20-8-5-6-13-25(20)26(27(34)30-23-10-3-2-4-11-23)33(24-12-7-9-22(29)18-24)28(35)21-14-15-32(19-21)38(36,37)31-16-17-31/h5-9,12-13,18,21,23,26H,2-4,10-11,14-17,19H2,1H3,(H,30,34)/t21-,26+/m1/s1. The minimum absolute atomic E-state index is 0.0203. The molecule has 2 aromatic carbocycles. The average molecular weight is 543 g/mol.